The second-order valence-electron chi connectivity index (χ2n) is 6.85. The number of amides is 1. The molecule has 1 aromatic carbocycles. The van der Waals surface area contributed by atoms with Gasteiger partial charge in [-0.15, -0.1) is 0 Å². The maximum absolute atomic E-state index is 12.1. The van der Waals surface area contributed by atoms with Crippen LogP contribution in [0.5, 0.6) is 0 Å². The van der Waals surface area contributed by atoms with Crippen molar-refractivity contribution in [1.82, 2.24) is 5.32 Å². The predicted molar refractivity (Wildman–Crippen MR) is 97.9 cm³/mol. The molecule has 3 rings (SSSR count). The van der Waals surface area contributed by atoms with E-state index >= 15 is 0 Å². The number of hydrogen-bond donors (Lipinski definition) is 1. The second-order valence-corrected chi connectivity index (χ2v) is 7.29. The molecule has 0 radical (unpaired) electrons. The van der Waals surface area contributed by atoms with Crippen LogP contribution in [0.4, 0.5) is 5.69 Å². The van der Waals surface area contributed by atoms with Gasteiger partial charge in [-0.25, -0.2) is 0 Å². The smallest absolute Gasteiger partial charge is 0.308 e. The summed E-state index contributed by atoms with van der Waals surface area (Å²) < 4.78 is 4.87. The first kappa shape index (κ1) is 18.1. The van der Waals surface area contributed by atoms with Gasteiger partial charge in [0.2, 0.25) is 5.91 Å². The van der Waals surface area contributed by atoms with Crippen LogP contribution < -0.4 is 10.2 Å². The summed E-state index contributed by atoms with van der Waals surface area (Å²) in [5.74, 6) is 0.165. The fourth-order valence-electron chi connectivity index (χ4n) is 4.09. The lowest BCUT2D eigenvalue weighted by atomic mass is 9.85. The molecule has 2 fully saturated rings. The van der Waals surface area contributed by atoms with Gasteiger partial charge in [0, 0.05) is 42.2 Å². The van der Waals surface area contributed by atoms with Gasteiger partial charge in [-0.05, 0) is 37.0 Å². The Morgan fingerprint density at radius 2 is 2.08 bits per heavy atom. The van der Waals surface area contributed by atoms with Crippen molar-refractivity contribution in [1.29, 1.82) is 0 Å². The van der Waals surface area contributed by atoms with Crippen molar-refractivity contribution in [2.75, 3.05) is 31.6 Å². The Kier molecular flexibility index (Phi) is 5.52. The Morgan fingerprint density at radius 3 is 2.72 bits per heavy atom. The first-order chi connectivity index (χ1) is 12.0. The van der Waals surface area contributed by atoms with Gasteiger partial charge in [0.05, 0.1) is 13.0 Å². The lowest BCUT2D eigenvalue weighted by molar-refractivity contribution is -0.146. The van der Waals surface area contributed by atoms with Crippen LogP contribution in [0.25, 0.3) is 0 Å². The largest absolute Gasteiger partial charge is 0.469 e. The van der Waals surface area contributed by atoms with Crippen molar-refractivity contribution in [2.24, 2.45) is 11.8 Å². The molecule has 2 saturated heterocycles. The number of methoxy groups -OCH3 is 1. The highest BCUT2D eigenvalue weighted by Crippen LogP contribution is 2.39. The molecule has 2 atom stereocenters. The van der Waals surface area contributed by atoms with Crippen LogP contribution in [0.2, 0.25) is 5.02 Å². The van der Waals surface area contributed by atoms with E-state index in [0.717, 1.165) is 38.0 Å². The van der Waals surface area contributed by atoms with Gasteiger partial charge in [0.1, 0.15) is 0 Å². The second kappa shape index (κ2) is 7.65. The van der Waals surface area contributed by atoms with Gasteiger partial charge in [-0.3, -0.25) is 9.59 Å². The Hall–Kier alpha value is -1.75. The van der Waals surface area contributed by atoms with Crippen molar-refractivity contribution < 1.29 is 14.3 Å². The molecule has 1 aromatic rings. The molecular formula is C19H25ClN2O3. The van der Waals surface area contributed by atoms with Gasteiger partial charge >= 0.3 is 5.97 Å². The third-order valence-electron chi connectivity index (χ3n) is 5.52. The molecule has 6 heteroatoms. The quantitative estimate of drug-likeness (QED) is 0.834. The normalized spacial score (nSPS) is 24.3. The minimum atomic E-state index is -0.123. The average molecular weight is 365 g/mol. The fraction of sp³-hybridized carbons (Fsp3) is 0.579. The molecule has 1 amide bonds. The number of nitrogens with zero attached hydrogens (tertiary/aromatic N) is 1. The van der Waals surface area contributed by atoms with Crippen molar-refractivity contribution >= 4 is 29.2 Å². The summed E-state index contributed by atoms with van der Waals surface area (Å²) in [6.07, 6.45) is 2.37. The molecule has 0 unspecified atom stereocenters. The van der Waals surface area contributed by atoms with Crippen LogP contribution >= 0.6 is 11.6 Å². The summed E-state index contributed by atoms with van der Waals surface area (Å²) in [7, 11) is 1.44. The highest BCUT2D eigenvalue weighted by molar-refractivity contribution is 6.30. The molecule has 5 nitrogen and oxygen atoms in total. The number of carbonyl (C=O) groups is 2. The Morgan fingerprint density at radius 1 is 1.36 bits per heavy atom. The van der Waals surface area contributed by atoms with Crippen molar-refractivity contribution in [3.05, 3.63) is 28.8 Å². The number of anilines is 1. The number of esters is 1. The molecule has 2 heterocycles. The average Bonchev–Trinajstić information content (AvgIpc) is 3.01. The zero-order valence-electron chi connectivity index (χ0n) is 14.8. The number of benzene rings is 1. The highest BCUT2D eigenvalue weighted by atomic mass is 35.5. The topological polar surface area (TPSA) is 58.6 Å². The lowest BCUT2D eigenvalue weighted by Gasteiger charge is -2.35. The van der Waals surface area contributed by atoms with E-state index in [1.54, 1.807) is 0 Å². The van der Waals surface area contributed by atoms with Crippen LogP contribution in [-0.2, 0) is 14.3 Å². The van der Waals surface area contributed by atoms with E-state index < -0.39 is 0 Å². The van der Waals surface area contributed by atoms with E-state index in [0.29, 0.717) is 11.6 Å². The predicted octanol–water partition coefficient (Wildman–Crippen LogP) is 2.97. The van der Waals surface area contributed by atoms with E-state index in [2.05, 4.69) is 23.2 Å². The molecule has 0 spiro atoms. The SMILES string of the molecule is CC[C@H]1C(=O)NC[C@@H]1c1ccc(Cl)cc1N1CCC(C(=O)OC)CC1. The van der Waals surface area contributed by atoms with Crippen molar-refractivity contribution in [3.63, 3.8) is 0 Å². The third kappa shape index (κ3) is 3.61. The summed E-state index contributed by atoms with van der Waals surface area (Å²) in [4.78, 5) is 26.1. The summed E-state index contributed by atoms with van der Waals surface area (Å²) >= 11 is 6.26. The number of halogens is 1. The molecule has 0 aromatic heterocycles. The summed E-state index contributed by atoms with van der Waals surface area (Å²) in [6, 6.07) is 5.94. The zero-order valence-corrected chi connectivity index (χ0v) is 15.5. The van der Waals surface area contributed by atoms with Crippen molar-refractivity contribution in [2.45, 2.75) is 32.1 Å². The first-order valence-electron chi connectivity index (χ1n) is 8.95. The van der Waals surface area contributed by atoms with Crippen LogP contribution in [0.15, 0.2) is 18.2 Å². The Labute approximate surface area is 153 Å². The molecule has 2 aliphatic rings. The minimum absolute atomic E-state index is 0.00698. The maximum Gasteiger partial charge on any atom is 0.308 e. The van der Waals surface area contributed by atoms with E-state index in [1.807, 2.05) is 12.1 Å². The minimum Gasteiger partial charge on any atom is -0.469 e. The summed E-state index contributed by atoms with van der Waals surface area (Å²) in [5.41, 5.74) is 2.27. The van der Waals surface area contributed by atoms with Crippen LogP contribution in [0, 0.1) is 11.8 Å². The number of piperidine rings is 1. The van der Waals surface area contributed by atoms with E-state index in [4.69, 9.17) is 16.3 Å². The molecule has 2 aliphatic heterocycles. The lowest BCUT2D eigenvalue weighted by Crippen LogP contribution is -2.37. The van der Waals surface area contributed by atoms with Crippen molar-refractivity contribution in [3.8, 4) is 0 Å². The molecule has 136 valence electrons. The molecule has 0 aliphatic carbocycles. The van der Waals surface area contributed by atoms with Crippen LogP contribution in [-0.4, -0.2) is 38.6 Å². The number of hydrogen-bond acceptors (Lipinski definition) is 4. The van der Waals surface area contributed by atoms with Crippen LogP contribution in [0.3, 0.4) is 0 Å². The molecule has 0 saturated carbocycles. The number of rotatable bonds is 4. The zero-order chi connectivity index (χ0) is 18.0. The fourth-order valence-corrected chi connectivity index (χ4v) is 4.26. The van der Waals surface area contributed by atoms with E-state index in [1.165, 1.54) is 12.7 Å². The third-order valence-corrected chi connectivity index (χ3v) is 5.76. The maximum atomic E-state index is 12.1. The van der Waals surface area contributed by atoms with Gasteiger partial charge < -0.3 is 15.0 Å². The van der Waals surface area contributed by atoms with Gasteiger partial charge in [-0.2, -0.15) is 0 Å². The standard InChI is InChI=1S/C19H25ClN2O3/c1-3-14-16(11-21-18(14)23)15-5-4-13(20)10-17(15)22-8-6-12(7-9-22)19(24)25-2/h4-5,10,12,14,16H,3,6-9,11H2,1-2H3,(H,21,23)/t14-,16+/m1/s1. The van der Waals surface area contributed by atoms with Gasteiger partial charge in [0.25, 0.3) is 0 Å². The number of nitrogens with one attached hydrogen (secondary N) is 1. The molecular weight excluding hydrogens is 340 g/mol. The van der Waals surface area contributed by atoms with Gasteiger partial charge in [0.15, 0.2) is 0 Å². The summed E-state index contributed by atoms with van der Waals surface area (Å²) in [6.45, 7) is 4.31. The molecule has 25 heavy (non-hydrogen) atoms. The Balaban J connectivity index is 1.83. The molecule has 0 bridgehead atoms. The van der Waals surface area contributed by atoms with E-state index in [9.17, 15) is 9.59 Å². The Bertz CT molecular complexity index is 656. The van der Waals surface area contributed by atoms with Gasteiger partial charge in [-0.1, -0.05) is 24.6 Å². The number of carbonyl (C=O) groups excluding carboxylic acids is 2. The van der Waals surface area contributed by atoms with E-state index in [-0.39, 0.29) is 29.6 Å². The monoisotopic (exact) mass is 364 g/mol. The van der Waals surface area contributed by atoms with Crippen LogP contribution in [0.1, 0.15) is 37.7 Å². The summed E-state index contributed by atoms with van der Waals surface area (Å²) in [5, 5.41) is 3.69. The first-order valence-corrected chi connectivity index (χ1v) is 9.32. The molecule has 1 N–H and O–H groups in total. The number of ether oxygens (including phenoxy) is 1. The highest BCUT2D eigenvalue weighted by Gasteiger charge is 2.36.